The number of ether oxygens (including phenoxy) is 1. The van der Waals surface area contributed by atoms with E-state index in [1.165, 1.54) is 22.2 Å². The molecule has 0 aromatic carbocycles. The summed E-state index contributed by atoms with van der Waals surface area (Å²) in [5.41, 5.74) is 0.311. The van der Waals surface area contributed by atoms with Crippen molar-refractivity contribution in [3.8, 4) is 0 Å². The second-order valence-corrected chi connectivity index (χ2v) is 8.91. The Balaban J connectivity index is 1.82. The third-order valence-electron chi connectivity index (χ3n) is 5.24. The maximum atomic E-state index is 13.0. The molecule has 1 fully saturated rings. The fourth-order valence-corrected chi connectivity index (χ4v) is 5.00. The Morgan fingerprint density at radius 3 is 2.66 bits per heavy atom. The highest BCUT2D eigenvalue weighted by Gasteiger charge is 2.26. The first kappa shape index (κ1) is 21.4. The lowest BCUT2D eigenvalue weighted by molar-refractivity contribution is -0.134. The molecule has 0 aliphatic carbocycles. The number of rotatable bonds is 6. The van der Waals surface area contributed by atoms with Gasteiger partial charge in [0.25, 0.3) is 11.5 Å². The number of hydrogen-bond donors (Lipinski definition) is 1. The molecule has 29 heavy (non-hydrogen) atoms. The summed E-state index contributed by atoms with van der Waals surface area (Å²) in [4.78, 5) is 45.3. The summed E-state index contributed by atoms with van der Waals surface area (Å²) < 4.78 is 6.29. The van der Waals surface area contributed by atoms with E-state index >= 15 is 0 Å². The van der Waals surface area contributed by atoms with Crippen LogP contribution >= 0.6 is 11.3 Å². The van der Waals surface area contributed by atoms with Crippen molar-refractivity contribution < 1.29 is 14.3 Å². The molecular weight excluding hydrogens is 392 g/mol. The molecule has 2 aromatic rings. The average molecular weight is 421 g/mol. The van der Waals surface area contributed by atoms with Crippen LogP contribution in [0.1, 0.15) is 35.5 Å². The number of aromatic nitrogens is 2. The summed E-state index contributed by atoms with van der Waals surface area (Å²) in [5.74, 6) is 0.592. The number of thiophene rings is 1. The quantitative estimate of drug-likeness (QED) is 0.717. The van der Waals surface area contributed by atoms with E-state index in [1.807, 2.05) is 4.90 Å². The van der Waals surface area contributed by atoms with Gasteiger partial charge >= 0.3 is 0 Å². The number of likely N-dealkylation sites (tertiary alicyclic amines) is 1. The molecule has 1 aliphatic heterocycles. The van der Waals surface area contributed by atoms with Gasteiger partial charge in [0.05, 0.1) is 23.2 Å². The Hall–Kier alpha value is -2.26. The zero-order valence-corrected chi connectivity index (χ0v) is 18.2. The highest BCUT2D eigenvalue weighted by Crippen LogP contribution is 2.27. The lowest BCUT2D eigenvalue weighted by Gasteiger charge is -2.35. The fraction of sp³-hybridized carbons (Fsp3) is 0.600. The summed E-state index contributed by atoms with van der Waals surface area (Å²) in [7, 11) is 1.57. The highest BCUT2D eigenvalue weighted by molar-refractivity contribution is 7.20. The molecule has 1 aliphatic rings. The molecule has 0 spiro atoms. The molecule has 9 heteroatoms. The maximum Gasteiger partial charge on any atom is 0.262 e. The van der Waals surface area contributed by atoms with Gasteiger partial charge in [-0.15, -0.1) is 11.3 Å². The number of piperidine rings is 1. The van der Waals surface area contributed by atoms with Crippen LogP contribution in [0.25, 0.3) is 10.2 Å². The van der Waals surface area contributed by atoms with Crippen molar-refractivity contribution in [3.05, 3.63) is 27.1 Å². The second kappa shape index (κ2) is 9.04. The van der Waals surface area contributed by atoms with E-state index < -0.39 is 0 Å². The predicted octanol–water partition coefficient (Wildman–Crippen LogP) is 1.65. The standard InChI is InChI=1S/C20H28N4O4S/c1-12-7-13(2)9-23(8-12)15(25)10-24-11-22-19-16(20(24)27)14(3)17(29-19)18(26)21-5-6-28-4/h11-13H,5-10H2,1-4H3,(H,21,26)/t12-,13-/m1/s1. The van der Waals surface area contributed by atoms with Crippen LogP contribution in [-0.4, -0.2) is 59.6 Å². The van der Waals surface area contributed by atoms with Crippen molar-refractivity contribution in [3.63, 3.8) is 0 Å². The van der Waals surface area contributed by atoms with Gasteiger partial charge in [-0.3, -0.25) is 19.0 Å². The van der Waals surface area contributed by atoms with Gasteiger partial charge in [0.15, 0.2) is 0 Å². The molecule has 1 N–H and O–H groups in total. The molecular formula is C20H28N4O4S. The highest BCUT2D eigenvalue weighted by atomic mass is 32.1. The molecule has 1 saturated heterocycles. The minimum atomic E-state index is -0.286. The molecule has 3 rings (SSSR count). The van der Waals surface area contributed by atoms with E-state index in [2.05, 4.69) is 24.1 Å². The number of nitrogens with zero attached hydrogens (tertiary/aromatic N) is 3. The fourth-order valence-electron chi connectivity index (χ4n) is 3.95. The zero-order chi connectivity index (χ0) is 21.1. The number of hydrogen-bond acceptors (Lipinski definition) is 6. The van der Waals surface area contributed by atoms with Crippen molar-refractivity contribution in [2.24, 2.45) is 11.8 Å². The molecule has 0 bridgehead atoms. The third kappa shape index (κ3) is 4.67. The van der Waals surface area contributed by atoms with Crippen LogP contribution in [0.2, 0.25) is 0 Å². The number of methoxy groups -OCH3 is 1. The summed E-state index contributed by atoms with van der Waals surface area (Å²) in [6, 6.07) is 0. The largest absolute Gasteiger partial charge is 0.383 e. The van der Waals surface area contributed by atoms with Gasteiger partial charge in [0.2, 0.25) is 5.91 Å². The lowest BCUT2D eigenvalue weighted by Crippen LogP contribution is -2.44. The molecule has 8 nitrogen and oxygen atoms in total. The van der Waals surface area contributed by atoms with Gasteiger partial charge in [-0.1, -0.05) is 13.8 Å². The third-order valence-corrected chi connectivity index (χ3v) is 6.44. The Labute approximate surface area is 173 Å². The Morgan fingerprint density at radius 2 is 2.00 bits per heavy atom. The second-order valence-electron chi connectivity index (χ2n) is 7.91. The Morgan fingerprint density at radius 1 is 1.31 bits per heavy atom. The van der Waals surface area contributed by atoms with E-state index in [1.54, 1.807) is 14.0 Å². The van der Waals surface area contributed by atoms with Crippen LogP contribution < -0.4 is 10.9 Å². The number of nitrogens with one attached hydrogen (secondary N) is 1. The van der Waals surface area contributed by atoms with Gasteiger partial charge in [-0.05, 0) is 30.7 Å². The van der Waals surface area contributed by atoms with Crippen molar-refractivity contribution in [1.29, 1.82) is 0 Å². The molecule has 2 atom stereocenters. The van der Waals surface area contributed by atoms with Crippen LogP contribution in [0.5, 0.6) is 0 Å². The molecule has 158 valence electrons. The summed E-state index contributed by atoms with van der Waals surface area (Å²) in [5, 5.41) is 3.17. The number of fused-ring (bicyclic) bond motifs is 1. The zero-order valence-electron chi connectivity index (χ0n) is 17.4. The Bertz CT molecular complexity index is 957. The minimum absolute atomic E-state index is 0.0358. The number of carbonyl (C=O) groups excluding carboxylic acids is 2. The van der Waals surface area contributed by atoms with Gasteiger partial charge in [-0.2, -0.15) is 0 Å². The number of amides is 2. The van der Waals surface area contributed by atoms with Crippen molar-refractivity contribution in [2.75, 3.05) is 33.4 Å². The van der Waals surface area contributed by atoms with Crippen LogP contribution in [0.4, 0.5) is 0 Å². The Kier molecular flexibility index (Phi) is 6.69. The van der Waals surface area contributed by atoms with E-state index in [-0.39, 0.29) is 23.9 Å². The van der Waals surface area contributed by atoms with E-state index in [0.717, 1.165) is 19.5 Å². The number of carbonyl (C=O) groups is 2. The van der Waals surface area contributed by atoms with Crippen LogP contribution in [0.3, 0.4) is 0 Å². The lowest BCUT2D eigenvalue weighted by atomic mass is 9.92. The topological polar surface area (TPSA) is 93.5 Å². The first-order chi connectivity index (χ1) is 13.8. The normalized spacial score (nSPS) is 19.5. The van der Waals surface area contributed by atoms with E-state index in [9.17, 15) is 14.4 Å². The van der Waals surface area contributed by atoms with Crippen molar-refractivity contribution >= 4 is 33.4 Å². The average Bonchev–Trinajstić information content (AvgIpc) is 3.00. The van der Waals surface area contributed by atoms with Crippen molar-refractivity contribution in [1.82, 2.24) is 19.8 Å². The molecule has 0 unspecified atom stereocenters. The maximum absolute atomic E-state index is 13.0. The SMILES string of the molecule is COCCNC(=O)c1sc2ncn(CC(=O)N3C[C@H](C)C[C@@H](C)C3)c(=O)c2c1C. The molecule has 0 saturated carbocycles. The minimum Gasteiger partial charge on any atom is -0.383 e. The molecule has 0 radical (unpaired) electrons. The van der Waals surface area contributed by atoms with E-state index in [4.69, 9.17) is 4.74 Å². The van der Waals surface area contributed by atoms with Crippen LogP contribution in [0.15, 0.2) is 11.1 Å². The molecule has 2 amide bonds. The van der Waals surface area contributed by atoms with Gasteiger partial charge in [0, 0.05) is 26.7 Å². The first-order valence-corrected chi connectivity index (χ1v) is 10.7. The summed E-state index contributed by atoms with van der Waals surface area (Å²) >= 11 is 1.19. The van der Waals surface area contributed by atoms with Crippen LogP contribution in [0, 0.1) is 18.8 Å². The van der Waals surface area contributed by atoms with Crippen molar-refractivity contribution in [2.45, 2.75) is 33.7 Å². The van der Waals surface area contributed by atoms with Gasteiger partial charge < -0.3 is 15.0 Å². The predicted molar refractivity (Wildman–Crippen MR) is 112 cm³/mol. The molecule has 3 heterocycles. The molecule has 2 aromatic heterocycles. The smallest absolute Gasteiger partial charge is 0.262 e. The summed E-state index contributed by atoms with van der Waals surface area (Å²) in [6.07, 6.45) is 2.52. The number of aryl methyl sites for hydroxylation is 1. The first-order valence-electron chi connectivity index (χ1n) is 9.85. The van der Waals surface area contributed by atoms with Crippen LogP contribution in [-0.2, 0) is 16.1 Å². The monoisotopic (exact) mass is 420 g/mol. The van der Waals surface area contributed by atoms with E-state index in [0.29, 0.717) is 45.6 Å². The summed E-state index contributed by atoms with van der Waals surface area (Å²) in [6.45, 7) is 8.23. The van der Waals surface area contributed by atoms with Gasteiger partial charge in [0.1, 0.15) is 11.4 Å². The van der Waals surface area contributed by atoms with Gasteiger partial charge in [-0.25, -0.2) is 4.98 Å².